The molecule has 6 nitrogen and oxygen atoms in total. The third-order valence-electron chi connectivity index (χ3n) is 4.62. The molecule has 2 aromatic rings. The van der Waals surface area contributed by atoms with Crippen molar-refractivity contribution in [3.8, 4) is 0 Å². The summed E-state index contributed by atoms with van der Waals surface area (Å²) in [6.07, 6.45) is -4.47. The van der Waals surface area contributed by atoms with E-state index in [-0.39, 0.29) is 13.2 Å². The van der Waals surface area contributed by atoms with Crippen LogP contribution < -0.4 is 0 Å². The number of hydrogen-bond acceptors (Lipinski definition) is 6. The second kappa shape index (κ2) is 7.84. The molecule has 2 fully saturated rings. The van der Waals surface area contributed by atoms with Crippen molar-refractivity contribution in [2.24, 2.45) is 0 Å². The molecule has 2 heterocycles. The fraction of sp³-hybridized carbons (Fsp3) is 0.400. The van der Waals surface area contributed by atoms with Crippen LogP contribution in [0.1, 0.15) is 23.7 Å². The van der Waals surface area contributed by atoms with Crippen LogP contribution in [0.25, 0.3) is 0 Å². The molecule has 26 heavy (non-hydrogen) atoms. The SMILES string of the molecule is O[C@@H]1COC(c2ccccc2)OC1[C@@H]1OC(c2ccccc2)OC[C@H]1O. The summed E-state index contributed by atoms with van der Waals surface area (Å²) in [5, 5.41) is 20.8. The summed E-state index contributed by atoms with van der Waals surface area (Å²) in [5.74, 6) is 0. The highest BCUT2D eigenvalue weighted by atomic mass is 16.7. The average Bonchev–Trinajstić information content (AvgIpc) is 2.70. The van der Waals surface area contributed by atoms with E-state index in [1.165, 1.54) is 0 Å². The van der Waals surface area contributed by atoms with Crippen LogP contribution in [0.3, 0.4) is 0 Å². The van der Waals surface area contributed by atoms with Crippen LogP contribution in [0.4, 0.5) is 0 Å². The van der Waals surface area contributed by atoms with Crippen LogP contribution in [0, 0.1) is 0 Å². The monoisotopic (exact) mass is 358 g/mol. The maximum Gasteiger partial charge on any atom is 0.184 e. The Labute approximate surface area is 151 Å². The van der Waals surface area contributed by atoms with Crippen LogP contribution in [-0.2, 0) is 18.9 Å². The van der Waals surface area contributed by atoms with Crippen LogP contribution in [0.15, 0.2) is 60.7 Å². The molecule has 0 aromatic heterocycles. The molecule has 0 radical (unpaired) electrons. The third-order valence-corrected chi connectivity index (χ3v) is 4.62. The van der Waals surface area contributed by atoms with Gasteiger partial charge in [0.25, 0.3) is 0 Å². The highest BCUT2D eigenvalue weighted by Crippen LogP contribution is 2.34. The van der Waals surface area contributed by atoms with Crippen molar-refractivity contribution in [3.05, 3.63) is 71.8 Å². The minimum absolute atomic E-state index is 0.105. The Hall–Kier alpha value is -1.80. The Morgan fingerprint density at radius 2 is 1.00 bits per heavy atom. The number of hydrogen-bond donors (Lipinski definition) is 2. The second-order valence-electron chi connectivity index (χ2n) is 6.49. The van der Waals surface area contributed by atoms with E-state index >= 15 is 0 Å². The highest BCUT2D eigenvalue weighted by molar-refractivity contribution is 5.18. The van der Waals surface area contributed by atoms with E-state index in [0.29, 0.717) is 0 Å². The summed E-state index contributed by atoms with van der Waals surface area (Å²) in [6, 6.07) is 19.0. The lowest BCUT2D eigenvalue weighted by molar-refractivity contribution is -0.331. The molecular weight excluding hydrogens is 336 g/mol. The van der Waals surface area contributed by atoms with Crippen LogP contribution in [-0.4, -0.2) is 47.8 Å². The lowest BCUT2D eigenvalue weighted by atomic mass is 10.0. The van der Waals surface area contributed by atoms with Gasteiger partial charge in [0.2, 0.25) is 0 Å². The van der Waals surface area contributed by atoms with E-state index in [1.807, 2.05) is 60.7 Å². The van der Waals surface area contributed by atoms with Gasteiger partial charge in [-0.1, -0.05) is 60.7 Å². The minimum atomic E-state index is -0.899. The highest BCUT2D eigenvalue weighted by Gasteiger charge is 2.44. The summed E-state index contributed by atoms with van der Waals surface area (Å²) in [7, 11) is 0. The molecule has 2 saturated heterocycles. The van der Waals surface area contributed by atoms with E-state index in [0.717, 1.165) is 11.1 Å². The summed E-state index contributed by atoms with van der Waals surface area (Å²) >= 11 is 0. The van der Waals surface area contributed by atoms with Gasteiger partial charge in [0.15, 0.2) is 12.6 Å². The zero-order chi connectivity index (χ0) is 17.9. The molecule has 2 N–H and O–H groups in total. The Morgan fingerprint density at radius 1 is 0.615 bits per heavy atom. The number of ether oxygens (including phenoxy) is 4. The Morgan fingerprint density at radius 3 is 1.38 bits per heavy atom. The molecule has 2 aromatic carbocycles. The predicted octanol–water partition coefficient (Wildman–Crippen LogP) is 1.94. The van der Waals surface area contributed by atoms with Gasteiger partial charge in [0, 0.05) is 11.1 Å². The predicted molar refractivity (Wildman–Crippen MR) is 92.0 cm³/mol. The van der Waals surface area contributed by atoms with Crippen LogP contribution >= 0.6 is 0 Å². The zero-order valence-corrected chi connectivity index (χ0v) is 14.2. The Balaban J connectivity index is 1.51. The Bertz CT molecular complexity index is 632. The quantitative estimate of drug-likeness (QED) is 0.873. The first-order chi connectivity index (χ1) is 12.7. The van der Waals surface area contributed by atoms with Crippen molar-refractivity contribution in [2.45, 2.75) is 37.0 Å². The minimum Gasteiger partial charge on any atom is -0.388 e. The molecule has 0 aliphatic carbocycles. The fourth-order valence-electron chi connectivity index (χ4n) is 3.27. The van der Waals surface area contributed by atoms with Gasteiger partial charge in [-0.15, -0.1) is 0 Å². The number of benzene rings is 2. The molecule has 6 heteroatoms. The molecular formula is C20H22O6. The molecule has 2 aliphatic heterocycles. The lowest BCUT2D eigenvalue weighted by Gasteiger charge is -2.43. The first-order valence-corrected chi connectivity index (χ1v) is 8.72. The van der Waals surface area contributed by atoms with Gasteiger partial charge in [0.05, 0.1) is 13.2 Å². The van der Waals surface area contributed by atoms with Crippen LogP contribution in [0.5, 0.6) is 0 Å². The topological polar surface area (TPSA) is 77.4 Å². The second-order valence-corrected chi connectivity index (χ2v) is 6.49. The standard InChI is InChI=1S/C20H22O6/c21-15-11-23-19(13-7-3-1-4-8-13)25-17(15)18-16(22)12-24-20(26-18)14-9-5-2-6-10-14/h1-10,15-22H,11-12H2/t15-,16-,17-,18?,19?,20?/m1/s1. The van der Waals surface area contributed by atoms with Gasteiger partial charge in [0.1, 0.15) is 24.4 Å². The maximum atomic E-state index is 10.4. The first-order valence-electron chi connectivity index (χ1n) is 8.72. The van der Waals surface area contributed by atoms with E-state index in [2.05, 4.69) is 0 Å². The van der Waals surface area contributed by atoms with Gasteiger partial charge in [-0.2, -0.15) is 0 Å². The maximum absolute atomic E-state index is 10.4. The fourth-order valence-corrected chi connectivity index (χ4v) is 3.27. The van der Waals surface area contributed by atoms with Gasteiger partial charge in [-0.25, -0.2) is 0 Å². The van der Waals surface area contributed by atoms with E-state index < -0.39 is 37.0 Å². The molecule has 0 spiro atoms. The van der Waals surface area contributed by atoms with Crippen molar-refractivity contribution in [1.82, 2.24) is 0 Å². The van der Waals surface area contributed by atoms with Crippen LogP contribution in [0.2, 0.25) is 0 Å². The average molecular weight is 358 g/mol. The summed E-state index contributed by atoms with van der Waals surface area (Å²) in [5.41, 5.74) is 1.70. The first kappa shape index (κ1) is 17.6. The van der Waals surface area contributed by atoms with Crippen molar-refractivity contribution >= 4 is 0 Å². The number of aliphatic hydroxyl groups is 2. The summed E-state index contributed by atoms with van der Waals surface area (Å²) in [6.45, 7) is 0.210. The lowest BCUT2D eigenvalue weighted by Crippen LogP contribution is -2.55. The number of aliphatic hydroxyl groups excluding tert-OH is 2. The normalized spacial score (nSPS) is 35.2. The Kier molecular flexibility index (Phi) is 5.31. The molecule has 4 rings (SSSR count). The van der Waals surface area contributed by atoms with E-state index in [9.17, 15) is 10.2 Å². The smallest absolute Gasteiger partial charge is 0.184 e. The summed E-state index contributed by atoms with van der Waals surface area (Å²) < 4.78 is 23.1. The van der Waals surface area contributed by atoms with Crippen molar-refractivity contribution < 1.29 is 29.2 Å². The van der Waals surface area contributed by atoms with Gasteiger partial charge in [-0.05, 0) is 0 Å². The van der Waals surface area contributed by atoms with Gasteiger partial charge >= 0.3 is 0 Å². The molecule has 0 amide bonds. The molecule has 6 atom stereocenters. The zero-order valence-electron chi connectivity index (χ0n) is 14.2. The molecule has 0 saturated carbocycles. The van der Waals surface area contributed by atoms with Gasteiger partial charge in [-0.3, -0.25) is 0 Å². The summed E-state index contributed by atoms with van der Waals surface area (Å²) in [4.78, 5) is 0. The van der Waals surface area contributed by atoms with E-state index in [4.69, 9.17) is 18.9 Å². The van der Waals surface area contributed by atoms with Crippen molar-refractivity contribution in [1.29, 1.82) is 0 Å². The third kappa shape index (κ3) is 3.66. The van der Waals surface area contributed by atoms with Gasteiger partial charge < -0.3 is 29.2 Å². The van der Waals surface area contributed by atoms with E-state index in [1.54, 1.807) is 0 Å². The molecule has 138 valence electrons. The molecule has 2 aliphatic rings. The molecule has 0 bridgehead atoms. The van der Waals surface area contributed by atoms with Crippen molar-refractivity contribution in [3.63, 3.8) is 0 Å². The molecule has 3 unspecified atom stereocenters. The van der Waals surface area contributed by atoms with Crippen molar-refractivity contribution in [2.75, 3.05) is 13.2 Å². The largest absolute Gasteiger partial charge is 0.388 e. The number of rotatable bonds is 3.